The van der Waals surface area contributed by atoms with E-state index in [9.17, 15) is 0 Å². The number of halogens is 1. The van der Waals surface area contributed by atoms with E-state index in [1.54, 1.807) is 7.11 Å². The molecule has 0 bridgehead atoms. The lowest BCUT2D eigenvalue weighted by atomic mass is 10.1. The summed E-state index contributed by atoms with van der Waals surface area (Å²) >= 11 is 6.09. The Kier molecular flexibility index (Phi) is 6.23. The molecule has 0 radical (unpaired) electrons. The molecule has 0 aliphatic heterocycles. The molecule has 0 heterocycles. The van der Waals surface area contributed by atoms with Gasteiger partial charge in [-0.15, -0.1) is 0 Å². The quantitative estimate of drug-likeness (QED) is 0.748. The molecule has 1 aromatic rings. The maximum atomic E-state index is 6.09. The smallest absolute Gasteiger partial charge is 0.124 e. The molecule has 4 heteroatoms. The molecular weight excluding hydrogens is 226 g/mol. The molecular formula is C12H18ClNO2. The van der Waals surface area contributed by atoms with Crippen molar-refractivity contribution in [2.75, 3.05) is 26.9 Å². The van der Waals surface area contributed by atoms with Gasteiger partial charge in [0, 0.05) is 30.7 Å². The van der Waals surface area contributed by atoms with Gasteiger partial charge in [0.05, 0.1) is 6.61 Å². The number of methoxy groups -OCH3 is 1. The molecule has 16 heavy (non-hydrogen) atoms. The molecule has 0 atom stereocenters. The van der Waals surface area contributed by atoms with Crippen LogP contribution in [0.1, 0.15) is 12.0 Å². The Morgan fingerprint density at radius 2 is 2.12 bits per heavy atom. The van der Waals surface area contributed by atoms with E-state index in [2.05, 4.69) is 0 Å². The summed E-state index contributed by atoms with van der Waals surface area (Å²) < 4.78 is 10.6. The van der Waals surface area contributed by atoms with Gasteiger partial charge in [0.1, 0.15) is 5.75 Å². The Labute approximate surface area is 101 Å². The highest BCUT2D eigenvalue weighted by atomic mass is 35.5. The second-order valence-electron chi connectivity index (χ2n) is 3.45. The first-order valence-electron chi connectivity index (χ1n) is 5.38. The number of hydrogen-bond donors (Lipinski definition) is 1. The van der Waals surface area contributed by atoms with Gasteiger partial charge < -0.3 is 15.2 Å². The Morgan fingerprint density at radius 3 is 2.81 bits per heavy atom. The van der Waals surface area contributed by atoms with Crippen molar-refractivity contribution in [1.82, 2.24) is 0 Å². The predicted molar refractivity (Wildman–Crippen MR) is 66.2 cm³/mol. The number of ether oxygens (including phenoxy) is 2. The first-order chi connectivity index (χ1) is 7.79. The summed E-state index contributed by atoms with van der Waals surface area (Å²) in [4.78, 5) is 0. The molecule has 0 spiro atoms. The summed E-state index contributed by atoms with van der Waals surface area (Å²) in [5.41, 5.74) is 6.53. The lowest BCUT2D eigenvalue weighted by molar-refractivity contribution is 0.172. The van der Waals surface area contributed by atoms with Crippen molar-refractivity contribution >= 4 is 11.6 Å². The topological polar surface area (TPSA) is 44.5 Å². The van der Waals surface area contributed by atoms with Crippen LogP contribution in [0.4, 0.5) is 0 Å². The third-order valence-electron chi connectivity index (χ3n) is 2.22. The van der Waals surface area contributed by atoms with Crippen LogP contribution in [0.25, 0.3) is 0 Å². The number of nitrogens with two attached hydrogens (primary N) is 1. The minimum Gasteiger partial charge on any atom is -0.493 e. The van der Waals surface area contributed by atoms with Crippen molar-refractivity contribution in [2.24, 2.45) is 5.73 Å². The fourth-order valence-electron chi connectivity index (χ4n) is 1.45. The molecule has 0 aromatic heterocycles. The summed E-state index contributed by atoms with van der Waals surface area (Å²) in [7, 11) is 1.68. The first kappa shape index (κ1) is 13.3. The van der Waals surface area contributed by atoms with Gasteiger partial charge in [-0.3, -0.25) is 0 Å². The van der Waals surface area contributed by atoms with Crippen molar-refractivity contribution in [2.45, 2.75) is 12.8 Å². The van der Waals surface area contributed by atoms with Crippen molar-refractivity contribution in [3.63, 3.8) is 0 Å². The van der Waals surface area contributed by atoms with E-state index >= 15 is 0 Å². The molecule has 3 nitrogen and oxygen atoms in total. The Hall–Kier alpha value is -0.770. The number of rotatable bonds is 7. The molecule has 0 aliphatic rings. The van der Waals surface area contributed by atoms with Gasteiger partial charge in [-0.1, -0.05) is 17.7 Å². The Bertz CT molecular complexity index is 318. The highest BCUT2D eigenvalue weighted by Crippen LogP contribution is 2.26. The van der Waals surface area contributed by atoms with Gasteiger partial charge >= 0.3 is 0 Å². The molecule has 90 valence electrons. The average Bonchev–Trinajstić information content (AvgIpc) is 2.29. The van der Waals surface area contributed by atoms with E-state index < -0.39 is 0 Å². The standard InChI is InChI=1S/C12H18ClNO2/c1-15-8-3-9-16-12-5-2-4-11(13)10(12)6-7-14/h2,4-5H,3,6-9,14H2,1H3. The van der Waals surface area contributed by atoms with Gasteiger partial charge in [0.25, 0.3) is 0 Å². The van der Waals surface area contributed by atoms with E-state index in [1.165, 1.54) is 0 Å². The SMILES string of the molecule is COCCCOc1cccc(Cl)c1CCN. The summed E-state index contributed by atoms with van der Waals surface area (Å²) in [5.74, 6) is 0.828. The third kappa shape index (κ3) is 4.00. The lowest BCUT2D eigenvalue weighted by Gasteiger charge is -2.12. The maximum Gasteiger partial charge on any atom is 0.124 e. The fraction of sp³-hybridized carbons (Fsp3) is 0.500. The molecule has 1 rings (SSSR count). The largest absolute Gasteiger partial charge is 0.493 e. The van der Waals surface area contributed by atoms with Crippen LogP contribution >= 0.6 is 11.6 Å². The summed E-state index contributed by atoms with van der Waals surface area (Å²) in [6.07, 6.45) is 1.60. The minimum absolute atomic E-state index is 0.568. The highest BCUT2D eigenvalue weighted by Gasteiger charge is 2.06. The van der Waals surface area contributed by atoms with Crippen LogP contribution in [0.3, 0.4) is 0 Å². The number of benzene rings is 1. The molecule has 0 amide bonds. The Morgan fingerprint density at radius 1 is 1.31 bits per heavy atom. The first-order valence-corrected chi connectivity index (χ1v) is 5.76. The van der Waals surface area contributed by atoms with E-state index in [0.29, 0.717) is 19.8 Å². The average molecular weight is 244 g/mol. The monoisotopic (exact) mass is 243 g/mol. The second-order valence-corrected chi connectivity index (χ2v) is 3.86. The summed E-state index contributed by atoms with van der Waals surface area (Å²) in [5, 5.41) is 0.717. The van der Waals surface area contributed by atoms with Gasteiger partial charge in [0.15, 0.2) is 0 Å². The molecule has 2 N–H and O–H groups in total. The Balaban J connectivity index is 2.59. The van der Waals surface area contributed by atoms with Crippen LogP contribution in [0.5, 0.6) is 5.75 Å². The van der Waals surface area contributed by atoms with E-state index in [0.717, 1.165) is 29.2 Å². The van der Waals surface area contributed by atoms with Crippen LogP contribution in [0.2, 0.25) is 5.02 Å². The summed E-state index contributed by atoms with van der Waals surface area (Å²) in [6.45, 7) is 1.90. The molecule has 0 unspecified atom stereocenters. The highest BCUT2D eigenvalue weighted by molar-refractivity contribution is 6.31. The molecule has 0 saturated carbocycles. The zero-order chi connectivity index (χ0) is 11.8. The zero-order valence-electron chi connectivity index (χ0n) is 9.54. The van der Waals surface area contributed by atoms with Crippen LogP contribution in [-0.2, 0) is 11.2 Å². The zero-order valence-corrected chi connectivity index (χ0v) is 10.3. The van der Waals surface area contributed by atoms with Crippen LogP contribution in [0, 0.1) is 0 Å². The second kappa shape index (κ2) is 7.49. The van der Waals surface area contributed by atoms with E-state index in [-0.39, 0.29) is 0 Å². The van der Waals surface area contributed by atoms with Crippen molar-refractivity contribution in [1.29, 1.82) is 0 Å². The third-order valence-corrected chi connectivity index (χ3v) is 2.57. The molecule has 0 aliphatic carbocycles. The molecule has 0 saturated heterocycles. The van der Waals surface area contributed by atoms with Gasteiger partial charge in [-0.05, 0) is 25.1 Å². The number of hydrogen-bond acceptors (Lipinski definition) is 3. The fourth-order valence-corrected chi connectivity index (χ4v) is 1.71. The van der Waals surface area contributed by atoms with E-state index in [1.807, 2.05) is 18.2 Å². The molecule has 1 aromatic carbocycles. The maximum absolute atomic E-state index is 6.09. The van der Waals surface area contributed by atoms with Gasteiger partial charge in [-0.2, -0.15) is 0 Å². The lowest BCUT2D eigenvalue weighted by Crippen LogP contribution is -2.07. The van der Waals surface area contributed by atoms with Gasteiger partial charge in [-0.25, -0.2) is 0 Å². The van der Waals surface area contributed by atoms with Crippen LogP contribution in [-0.4, -0.2) is 26.9 Å². The van der Waals surface area contributed by atoms with Crippen molar-refractivity contribution in [3.8, 4) is 5.75 Å². The molecule has 0 fully saturated rings. The minimum atomic E-state index is 0.568. The van der Waals surface area contributed by atoms with Crippen molar-refractivity contribution < 1.29 is 9.47 Å². The van der Waals surface area contributed by atoms with E-state index in [4.69, 9.17) is 26.8 Å². The van der Waals surface area contributed by atoms with Crippen LogP contribution < -0.4 is 10.5 Å². The predicted octanol–water partition coefficient (Wildman–Crippen LogP) is 2.26. The van der Waals surface area contributed by atoms with Gasteiger partial charge in [0.2, 0.25) is 0 Å². The normalized spacial score (nSPS) is 10.4. The van der Waals surface area contributed by atoms with Crippen LogP contribution in [0.15, 0.2) is 18.2 Å². The van der Waals surface area contributed by atoms with Crippen molar-refractivity contribution in [3.05, 3.63) is 28.8 Å². The summed E-state index contributed by atoms with van der Waals surface area (Å²) in [6, 6.07) is 5.66.